The minimum absolute atomic E-state index is 0.0997. The van der Waals surface area contributed by atoms with Crippen LogP contribution in [0.3, 0.4) is 0 Å². The van der Waals surface area contributed by atoms with Crippen molar-refractivity contribution < 1.29 is 32.3 Å². The molecule has 3 rings (SSSR count). The predicted octanol–water partition coefficient (Wildman–Crippen LogP) is 2.04. The number of anilines is 1. The van der Waals surface area contributed by atoms with Crippen LogP contribution < -0.4 is 25.4 Å². The van der Waals surface area contributed by atoms with Crippen molar-refractivity contribution in [2.24, 2.45) is 0 Å². The molecule has 25 heavy (non-hydrogen) atoms. The number of rotatable bonds is 5. The molecule has 3 N–H and O–H groups in total. The number of nitrogens with one attached hydrogen (secondary N) is 3. The molecule has 8 nitrogen and oxygen atoms in total. The van der Waals surface area contributed by atoms with Gasteiger partial charge in [-0.1, -0.05) is 0 Å². The summed E-state index contributed by atoms with van der Waals surface area (Å²) >= 11 is 0. The summed E-state index contributed by atoms with van der Waals surface area (Å²) in [5.74, 6) is -0.318. The highest BCUT2D eigenvalue weighted by Crippen LogP contribution is 2.42. The molecule has 0 atom stereocenters. The number of amides is 3. The fraction of sp³-hybridized carbons (Fsp3) is 0.200. The van der Waals surface area contributed by atoms with E-state index in [9.17, 15) is 18.4 Å². The van der Waals surface area contributed by atoms with Crippen molar-refractivity contribution in [3.05, 3.63) is 42.4 Å². The van der Waals surface area contributed by atoms with E-state index in [0.717, 1.165) is 0 Å². The van der Waals surface area contributed by atoms with Crippen molar-refractivity contribution in [2.45, 2.75) is 12.8 Å². The van der Waals surface area contributed by atoms with E-state index in [4.69, 9.17) is 4.42 Å². The number of carbonyl (C=O) groups excluding carboxylic acids is 2. The molecule has 10 heteroatoms. The van der Waals surface area contributed by atoms with E-state index in [-0.39, 0.29) is 24.6 Å². The first-order valence-corrected chi connectivity index (χ1v) is 7.15. The number of imide groups is 1. The zero-order valence-electron chi connectivity index (χ0n) is 12.7. The predicted molar refractivity (Wildman–Crippen MR) is 80.2 cm³/mol. The summed E-state index contributed by atoms with van der Waals surface area (Å²) in [5, 5.41) is 7.24. The monoisotopic (exact) mass is 353 g/mol. The van der Waals surface area contributed by atoms with Crippen LogP contribution in [0.4, 0.5) is 19.3 Å². The van der Waals surface area contributed by atoms with Crippen LogP contribution in [-0.2, 0) is 11.3 Å². The lowest BCUT2D eigenvalue weighted by molar-refractivity contribution is -0.286. The fourth-order valence-corrected chi connectivity index (χ4v) is 2.04. The van der Waals surface area contributed by atoms with E-state index in [1.165, 1.54) is 24.5 Å². The number of fused-ring (bicyclic) bond motifs is 1. The molecule has 0 radical (unpaired) electrons. The molecule has 0 bridgehead atoms. The lowest BCUT2D eigenvalue weighted by Crippen LogP contribution is -2.41. The van der Waals surface area contributed by atoms with E-state index in [1.54, 1.807) is 12.1 Å². The molecule has 132 valence electrons. The minimum atomic E-state index is -3.70. The van der Waals surface area contributed by atoms with Gasteiger partial charge in [0.25, 0.3) is 0 Å². The molecule has 1 aromatic carbocycles. The number of urea groups is 1. The SMILES string of the molecule is O=C(CNc1ccc2c(c1)OC(F)(F)O2)NC(=O)NCc1ccco1. The van der Waals surface area contributed by atoms with Crippen LogP contribution in [0.1, 0.15) is 5.76 Å². The maximum absolute atomic E-state index is 12.9. The molecule has 1 aliphatic rings. The number of furan rings is 1. The lowest BCUT2D eigenvalue weighted by atomic mass is 10.3. The summed E-state index contributed by atoms with van der Waals surface area (Å²) in [6.45, 7) is -0.111. The number of alkyl halides is 2. The first-order valence-electron chi connectivity index (χ1n) is 7.15. The largest absolute Gasteiger partial charge is 0.586 e. The summed E-state index contributed by atoms with van der Waals surface area (Å²) in [6.07, 6.45) is -2.24. The first kappa shape index (κ1) is 16.6. The van der Waals surface area contributed by atoms with Gasteiger partial charge in [-0.15, -0.1) is 8.78 Å². The van der Waals surface area contributed by atoms with Crippen LogP contribution >= 0.6 is 0 Å². The Morgan fingerprint density at radius 1 is 1.12 bits per heavy atom. The molecule has 2 heterocycles. The third kappa shape index (κ3) is 4.37. The maximum atomic E-state index is 12.9. The molecule has 1 aliphatic heterocycles. The average Bonchev–Trinajstić information content (AvgIpc) is 3.16. The highest BCUT2D eigenvalue weighted by molar-refractivity contribution is 5.96. The Bertz CT molecular complexity index is 779. The molecule has 0 unspecified atom stereocenters. The number of halogens is 2. The molecule has 0 saturated carbocycles. The summed E-state index contributed by atoms with van der Waals surface area (Å²) in [6, 6.07) is 6.65. The van der Waals surface area contributed by atoms with E-state index < -0.39 is 18.2 Å². The van der Waals surface area contributed by atoms with Crippen molar-refractivity contribution in [2.75, 3.05) is 11.9 Å². The van der Waals surface area contributed by atoms with E-state index in [1.807, 2.05) is 0 Å². The molecular weight excluding hydrogens is 340 g/mol. The quantitative estimate of drug-likeness (QED) is 0.760. The van der Waals surface area contributed by atoms with E-state index >= 15 is 0 Å². The van der Waals surface area contributed by atoms with Crippen LogP contribution in [0.25, 0.3) is 0 Å². The van der Waals surface area contributed by atoms with Gasteiger partial charge in [0.1, 0.15) is 5.76 Å². The third-order valence-corrected chi connectivity index (χ3v) is 3.11. The molecular formula is C15H13F2N3O5. The Hall–Kier alpha value is -3.30. The van der Waals surface area contributed by atoms with Gasteiger partial charge >= 0.3 is 12.3 Å². The Balaban J connectivity index is 1.44. The van der Waals surface area contributed by atoms with Crippen LogP contribution in [0.5, 0.6) is 11.5 Å². The standard InChI is InChI=1S/C15H13F2N3O5/c16-15(17)24-11-4-3-9(6-12(11)25-15)18-8-13(21)20-14(22)19-7-10-2-1-5-23-10/h1-6,18H,7-8H2,(H2,19,20,21,22). The Morgan fingerprint density at radius 3 is 2.68 bits per heavy atom. The molecule has 0 fully saturated rings. The summed E-state index contributed by atoms with van der Waals surface area (Å²) in [5.41, 5.74) is 0.353. The second-order valence-corrected chi connectivity index (χ2v) is 4.99. The topological polar surface area (TPSA) is 102 Å². The number of carbonyl (C=O) groups is 2. The van der Waals surface area contributed by atoms with Crippen molar-refractivity contribution in [3.63, 3.8) is 0 Å². The Kier molecular flexibility index (Phi) is 4.42. The molecule has 0 aliphatic carbocycles. The van der Waals surface area contributed by atoms with E-state index in [0.29, 0.717) is 11.4 Å². The van der Waals surface area contributed by atoms with Gasteiger partial charge in [-0.25, -0.2) is 4.79 Å². The van der Waals surface area contributed by atoms with Crippen molar-refractivity contribution in [1.82, 2.24) is 10.6 Å². The Labute approximate surface area is 140 Å². The van der Waals surface area contributed by atoms with Gasteiger partial charge < -0.3 is 24.5 Å². The number of hydrogen-bond acceptors (Lipinski definition) is 6. The second-order valence-electron chi connectivity index (χ2n) is 4.99. The third-order valence-electron chi connectivity index (χ3n) is 3.11. The summed E-state index contributed by atoms with van der Waals surface area (Å²) in [4.78, 5) is 23.2. The van der Waals surface area contributed by atoms with Crippen molar-refractivity contribution >= 4 is 17.6 Å². The average molecular weight is 353 g/mol. The van der Waals surface area contributed by atoms with Crippen LogP contribution in [-0.4, -0.2) is 24.8 Å². The Morgan fingerprint density at radius 2 is 1.92 bits per heavy atom. The molecule has 0 saturated heterocycles. The summed E-state index contributed by atoms with van der Waals surface area (Å²) < 4.78 is 39.4. The van der Waals surface area contributed by atoms with Gasteiger partial charge in [0.15, 0.2) is 11.5 Å². The highest BCUT2D eigenvalue weighted by Gasteiger charge is 2.43. The normalized spacial score (nSPS) is 14.0. The van der Waals surface area contributed by atoms with E-state index in [2.05, 4.69) is 25.4 Å². The smallest absolute Gasteiger partial charge is 0.467 e. The number of hydrogen-bond donors (Lipinski definition) is 3. The van der Waals surface area contributed by atoms with Crippen molar-refractivity contribution in [1.29, 1.82) is 0 Å². The zero-order valence-corrected chi connectivity index (χ0v) is 12.7. The van der Waals surface area contributed by atoms with Gasteiger partial charge in [-0.2, -0.15) is 0 Å². The zero-order chi connectivity index (χ0) is 17.9. The molecule has 3 amide bonds. The van der Waals surface area contributed by atoms with Gasteiger partial charge in [0.2, 0.25) is 5.91 Å². The minimum Gasteiger partial charge on any atom is -0.467 e. The van der Waals surface area contributed by atoms with Crippen LogP contribution in [0, 0.1) is 0 Å². The maximum Gasteiger partial charge on any atom is 0.586 e. The lowest BCUT2D eigenvalue weighted by Gasteiger charge is -2.08. The van der Waals surface area contributed by atoms with Crippen LogP contribution in [0.2, 0.25) is 0 Å². The molecule has 2 aromatic rings. The molecule has 0 spiro atoms. The van der Waals surface area contributed by atoms with Gasteiger partial charge in [0.05, 0.1) is 19.4 Å². The number of ether oxygens (including phenoxy) is 2. The van der Waals surface area contributed by atoms with Crippen LogP contribution in [0.15, 0.2) is 41.0 Å². The number of benzene rings is 1. The van der Waals surface area contributed by atoms with Gasteiger partial charge in [0, 0.05) is 11.8 Å². The molecule has 1 aromatic heterocycles. The fourth-order valence-electron chi connectivity index (χ4n) is 2.04. The van der Waals surface area contributed by atoms with Gasteiger partial charge in [-0.3, -0.25) is 10.1 Å². The summed E-state index contributed by atoms with van der Waals surface area (Å²) in [7, 11) is 0. The van der Waals surface area contributed by atoms with Gasteiger partial charge in [-0.05, 0) is 24.3 Å². The van der Waals surface area contributed by atoms with Crippen molar-refractivity contribution in [3.8, 4) is 11.5 Å². The second kappa shape index (κ2) is 6.67. The first-order chi connectivity index (χ1) is 11.9. The highest BCUT2D eigenvalue weighted by atomic mass is 19.3.